The van der Waals surface area contributed by atoms with Crippen molar-refractivity contribution >= 4 is 45.8 Å². The van der Waals surface area contributed by atoms with Crippen molar-refractivity contribution in [1.82, 2.24) is 0 Å². The Hall–Kier alpha value is -5.66. The van der Waals surface area contributed by atoms with Crippen molar-refractivity contribution in [2.45, 2.75) is 71.8 Å². The van der Waals surface area contributed by atoms with Crippen LogP contribution >= 0.6 is 0 Å². The maximum atomic E-state index is 13.0. The molecule has 52 heavy (non-hydrogen) atoms. The number of carbonyl (C=O) groups is 4. The SMILES string of the molecule is CCOC(=O)CCCCCCCC(=O)OC(COc1cccc2oc(C(=O)OCC)cc(=O)c12)COc1cccc2oc(C(=O)OCC)cc(=O)c12. The van der Waals surface area contributed by atoms with Crippen molar-refractivity contribution in [3.63, 3.8) is 0 Å². The molecule has 0 fully saturated rings. The predicted octanol–water partition coefficient (Wildman–Crippen LogP) is 5.92. The number of rotatable bonds is 20. The van der Waals surface area contributed by atoms with Crippen LogP contribution in [0.1, 0.15) is 86.8 Å². The molecule has 0 aliphatic carbocycles. The predicted molar refractivity (Wildman–Crippen MR) is 187 cm³/mol. The maximum absolute atomic E-state index is 13.0. The summed E-state index contributed by atoms with van der Waals surface area (Å²) in [5, 5.41) is 0.127. The van der Waals surface area contributed by atoms with Crippen molar-refractivity contribution in [3.05, 3.63) is 80.5 Å². The molecule has 0 saturated heterocycles. The van der Waals surface area contributed by atoms with Crippen LogP contribution in [0.25, 0.3) is 21.9 Å². The molecule has 4 aromatic rings. The highest BCUT2D eigenvalue weighted by molar-refractivity contribution is 5.91. The van der Waals surface area contributed by atoms with Gasteiger partial charge in [-0.2, -0.15) is 0 Å². The lowest BCUT2D eigenvalue weighted by Crippen LogP contribution is -2.31. The number of fused-ring (bicyclic) bond motifs is 2. The topological polar surface area (TPSA) is 184 Å². The molecule has 0 aliphatic heterocycles. The second kappa shape index (κ2) is 19.7. The average molecular weight is 723 g/mol. The Bertz CT molecular complexity index is 1860. The molecule has 0 N–H and O–H groups in total. The molecule has 2 heterocycles. The van der Waals surface area contributed by atoms with Crippen LogP contribution in [0.3, 0.4) is 0 Å². The van der Waals surface area contributed by atoms with Crippen LogP contribution in [0, 0.1) is 0 Å². The molecule has 14 nitrogen and oxygen atoms in total. The van der Waals surface area contributed by atoms with Crippen LogP contribution in [0.2, 0.25) is 0 Å². The molecule has 0 saturated carbocycles. The van der Waals surface area contributed by atoms with Crippen LogP contribution in [-0.4, -0.2) is 63.0 Å². The van der Waals surface area contributed by atoms with Crippen LogP contribution in [0.5, 0.6) is 11.5 Å². The van der Waals surface area contributed by atoms with E-state index in [4.69, 9.17) is 37.3 Å². The molecule has 0 aliphatic rings. The Kier molecular flexibility index (Phi) is 14.8. The molecule has 4 rings (SSSR count). The molecule has 2 aromatic heterocycles. The van der Waals surface area contributed by atoms with Gasteiger partial charge in [0.2, 0.25) is 11.5 Å². The Morgan fingerprint density at radius 1 is 0.596 bits per heavy atom. The van der Waals surface area contributed by atoms with E-state index in [2.05, 4.69) is 0 Å². The van der Waals surface area contributed by atoms with E-state index in [-0.39, 0.29) is 83.8 Å². The standard InChI is InChI=1S/C38H42O14/c1-4-45-33(41)18-10-8-7-9-11-19-34(42)50-24(22-48-27-14-12-16-29-35(27)25(39)20-31(51-29)37(43)46-5-2)23-49-28-15-13-17-30-36(28)26(40)21-32(52-30)38(44)47-6-3/h12-17,20-21,24H,4-11,18-19,22-23H2,1-3H3. The Balaban J connectivity index is 1.48. The third-order valence-electron chi connectivity index (χ3n) is 7.60. The van der Waals surface area contributed by atoms with Crippen molar-refractivity contribution in [3.8, 4) is 11.5 Å². The molecular formula is C38H42O14. The lowest BCUT2D eigenvalue weighted by Gasteiger charge is -2.20. The van der Waals surface area contributed by atoms with Gasteiger partial charge in [0.1, 0.15) is 46.7 Å². The van der Waals surface area contributed by atoms with Gasteiger partial charge in [0.25, 0.3) is 0 Å². The average Bonchev–Trinajstić information content (AvgIpc) is 3.12. The summed E-state index contributed by atoms with van der Waals surface area (Å²) in [6.45, 7) is 5.05. The molecule has 14 heteroatoms. The molecule has 0 amide bonds. The van der Waals surface area contributed by atoms with Crippen LogP contribution in [-0.2, 0) is 28.5 Å². The number of esters is 4. The lowest BCUT2D eigenvalue weighted by atomic mass is 10.1. The van der Waals surface area contributed by atoms with Gasteiger partial charge in [0.05, 0.1) is 19.8 Å². The zero-order chi connectivity index (χ0) is 37.5. The van der Waals surface area contributed by atoms with Gasteiger partial charge in [-0.1, -0.05) is 31.4 Å². The number of hydrogen-bond donors (Lipinski definition) is 0. The summed E-state index contributed by atoms with van der Waals surface area (Å²) in [6, 6.07) is 11.2. The molecule has 2 aromatic carbocycles. The Morgan fingerprint density at radius 2 is 1.04 bits per heavy atom. The first-order valence-corrected chi connectivity index (χ1v) is 17.2. The second-order valence-corrected chi connectivity index (χ2v) is 11.5. The number of ether oxygens (including phenoxy) is 6. The van der Waals surface area contributed by atoms with E-state index in [0.29, 0.717) is 25.9 Å². The highest BCUT2D eigenvalue weighted by Gasteiger charge is 2.22. The summed E-state index contributed by atoms with van der Waals surface area (Å²) in [7, 11) is 0. The Labute approximate surface area is 298 Å². The fraction of sp³-hybridized carbons (Fsp3) is 0.421. The summed E-state index contributed by atoms with van der Waals surface area (Å²) < 4.78 is 43.7. The van der Waals surface area contributed by atoms with Crippen molar-refractivity contribution in [2.24, 2.45) is 0 Å². The summed E-state index contributed by atoms with van der Waals surface area (Å²) in [5.41, 5.74) is -0.914. The van der Waals surface area contributed by atoms with Gasteiger partial charge in [0.15, 0.2) is 17.0 Å². The molecule has 0 atom stereocenters. The van der Waals surface area contributed by atoms with Crippen LogP contribution in [0.4, 0.5) is 0 Å². The first kappa shape index (κ1) is 39.1. The summed E-state index contributed by atoms with van der Waals surface area (Å²) in [6.07, 6.45) is 3.09. The van der Waals surface area contributed by atoms with Gasteiger partial charge in [-0.3, -0.25) is 19.2 Å². The van der Waals surface area contributed by atoms with Crippen LogP contribution < -0.4 is 20.3 Å². The third-order valence-corrected chi connectivity index (χ3v) is 7.60. The van der Waals surface area contributed by atoms with E-state index in [0.717, 1.165) is 31.4 Å². The number of unbranched alkanes of at least 4 members (excludes halogenated alkanes) is 4. The van der Waals surface area contributed by atoms with Gasteiger partial charge in [-0.25, -0.2) is 9.59 Å². The minimum atomic E-state index is -1.01. The van der Waals surface area contributed by atoms with E-state index in [1.54, 1.807) is 32.9 Å². The van der Waals surface area contributed by atoms with Gasteiger partial charge < -0.3 is 37.3 Å². The van der Waals surface area contributed by atoms with E-state index < -0.39 is 34.9 Å². The first-order valence-electron chi connectivity index (χ1n) is 17.2. The molecule has 0 bridgehead atoms. The van der Waals surface area contributed by atoms with Gasteiger partial charge in [-0.05, 0) is 57.9 Å². The van der Waals surface area contributed by atoms with Crippen molar-refractivity contribution in [2.75, 3.05) is 33.0 Å². The molecule has 0 spiro atoms. The van der Waals surface area contributed by atoms with Gasteiger partial charge in [0, 0.05) is 25.0 Å². The summed E-state index contributed by atoms with van der Waals surface area (Å²) >= 11 is 0. The lowest BCUT2D eigenvalue weighted by molar-refractivity contribution is -0.152. The number of carbonyl (C=O) groups excluding carboxylic acids is 4. The highest BCUT2D eigenvalue weighted by Crippen LogP contribution is 2.26. The van der Waals surface area contributed by atoms with Crippen LogP contribution in [0.15, 0.2) is 67.0 Å². The number of hydrogen-bond acceptors (Lipinski definition) is 14. The van der Waals surface area contributed by atoms with Gasteiger partial charge in [-0.15, -0.1) is 0 Å². The second-order valence-electron chi connectivity index (χ2n) is 11.5. The normalized spacial score (nSPS) is 11.0. The first-order chi connectivity index (χ1) is 25.1. The monoisotopic (exact) mass is 722 g/mol. The van der Waals surface area contributed by atoms with E-state index in [9.17, 15) is 28.8 Å². The van der Waals surface area contributed by atoms with Gasteiger partial charge >= 0.3 is 23.9 Å². The fourth-order valence-electron chi connectivity index (χ4n) is 5.23. The molecular weight excluding hydrogens is 680 g/mol. The largest absolute Gasteiger partial charge is 0.489 e. The molecule has 278 valence electrons. The molecule has 0 unspecified atom stereocenters. The smallest absolute Gasteiger partial charge is 0.374 e. The number of benzene rings is 2. The van der Waals surface area contributed by atoms with E-state index in [1.807, 2.05) is 0 Å². The highest BCUT2D eigenvalue weighted by atomic mass is 16.6. The zero-order valence-electron chi connectivity index (χ0n) is 29.4. The van der Waals surface area contributed by atoms with Crippen molar-refractivity contribution in [1.29, 1.82) is 0 Å². The summed E-state index contributed by atoms with van der Waals surface area (Å²) in [4.78, 5) is 74.9. The maximum Gasteiger partial charge on any atom is 0.374 e. The zero-order valence-corrected chi connectivity index (χ0v) is 29.4. The summed E-state index contributed by atoms with van der Waals surface area (Å²) in [5.74, 6) is -2.60. The minimum absolute atomic E-state index is 0.0635. The van der Waals surface area contributed by atoms with E-state index in [1.165, 1.54) is 24.3 Å². The van der Waals surface area contributed by atoms with E-state index >= 15 is 0 Å². The Morgan fingerprint density at radius 3 is 1.50 bits per heavy atom. The van der Waals surface area contributed by atoms with Crippen molar-refractivity contribution < 1.29 is 56.4 Å². The molecule has 0 radical (unpaired) electrons. The fourth-order valence-corrected chi connectivity index (χ4v) is 5.23. The quantitative estimate of drug-likeness (QED) is 0.0595. The minimum Gasteiger partial charge on any atom is -0.489 e. The third kappa shape index (κ3) is 10.9.